The Morgan fingerprint density at radius 1 is 1.60 bits per heavy atom. The molecule has 15 heavy (non-hydrogen) atoms. The average molecular weight is 214 g/mol. The largest absolute Gasteiger partial charge is 0.396 e. The Balaban J connectivity index is 2.22. The molecular weight excluding hydrogens is 192 g/mol. The molecule has 0 saturated heterocycles. The summed E-state index contributed by atoms with van der Waals surface area (Å²) in [5.74, 6) is -0.0546. The van der Waals surface area contributed by atoms with Crippen molar-refractivity contribution in [1.82, 2.24) is 5.32 Å². The smallest absolute Gasteiger partial charge is 0.236 e. The van der Waals surface area contributed by atoms with Gasteiger partial charge in [-0.25, -0.2) is 0 Å². The summed E-state index contributed by atoms with van der Waals surface area (Å²) < 4.78 is 0. The van der Waals surface area contributed by atoms with Gasteiger partial charge in [-0.05, 0) is 31.1 Å². The maximum Gasteiger partial charge on any atom is 0.236 e. The predicted molar refractivity (Wildman–Crippen MR) is 59.3 cm³/mol. The minimum Gasteiger partial charge on any atom is -0.396 e. The maximum absolute atomic E-state index is 11.5. The second-order valence-electron chi connectivity index (χ2n) is 4.59. The fourth-order valence-corrected chi connectivity index (χ4v) is 1.78. The first-order chi connectivity index (χ1) is 7.13. The molecule has 0 aromatic heterocycles. The predicted octanol–water partition coefficient (Wildman–Crippen LogP) is 0.393. The molecule has 1 aliphatic carbocycles. The van der Waals surface area contributed by atoms with Crippen LogP contribution in [0, 0.1) is 5.41 Å². The molecule has 0 heterocycles. The van der Waals surface area contributed by atoms with Crippen LogP contribution in [-0.2, 0) is 4.79 Å². The summed E-state index contributed by atoms with van der Waals surface area (Å²) in [5.41, 5.74) is 5.87. The van der Waals surface area contributed by atoms with Crippen LogP contribution in [0.5, 0.6) is 0 Å². The third-order valence-corrected chi connectivity index (χ3v) is 3.17. The zero-order valence-corrected chi connectivity index (χ0v) is 9.46. The van der Waals surface area contributed by atoms with Gasteiger partial charge < -0.3 is 16.2 Å². The Hall–Kier alpha value is -0.610. The third-order valence-electron chi connectivity index (χ3n) is 3.17. The first kappa shape index (κ1) is 12.5. The number of amides is 1. The Morgan fingerprint density at radius 3 is 2.73 bits per heavy atom. The van der Waals surface area contributed by atoms with Crippen molar-refractivity contribution in [3.05, 3.63) is 0 Å². The topological polar surface area (TPSA) is 75.4 Å². The highest BCUT2D eigenvalue weighted by Crippen LogP contribution is 2.47. The molecule has 1 rings (SSSR count). The van der Waals surface area contributed by atoms with Gasteiger partial charge in [0.25, 0.3) is 0 Å². The van der Waals surface area contributed by atoms with Crippen molar-refractivity contribution in [2.45, 2.75) is 45.1 Å². The molecule has 0 unspecified atom stereocenters. The molecule has 1 atom stereocenters. The summed E-state index contributed by atoms with van der Waals surface area (Å²) in [6, 6.07) is -0.375. The van der Waals surface area contributed by atoms with Crippen LogP contribution in [-0.4, -0.2) is 30.2 Å². The molecule has 0 bridgehead atoms. The van der Waals surface area contributed by atoms with E-state index in [-0.39, 0.29) is 24.0 Å². The molecule has 1 saturated carbocycles. The lowest BCUT2D eigenvalue weighted by atomic mass is 10.0. The summed E-state index contributed by atoms with van der Waals surface area (Å²) in [4.78, 5) is 11.5. The van der Waals surface area contributed by atoms with E-state index >= 15 is 0 Å². The SMILES string of the molecule is CCC[C@H](N)C(=O)NCC1(CCO)CC1. The number of hydrogen-bond donors (Lipinski definition) is 3. The van der Waals surface area contributed by atoms with E-state index in [1.165, 1.54) is 0 Å². The highest BCUT2D eigenvalue weighted by Gasteiger charge is 2.42. The van der Waals surface area contributed by atoms with E-state index in [4.69, 9.17) is 10.8 Å². The number of nitrogens with two attached hydrogens (primary N) is 1. The number of aliphatic hydroxyl groups excluding tert-OH is 1. The molecule has 88 valence electrons. The highest BCUT2D eigenvalue weighted by molar-refractivity contribution is 5.81. The van der Waals surface area contributed by atoms with Gasteiger partial charge in [0, 0.05) is 13.2 Å². The molecule has 0 spiro atoms. The minimum absolute atomic E-state index is 0.0546. The van der Waals surface area contributed by atoms with E-state index in [1.807, 2.05) is 6.92 Å². The van der Waals surface area contributed by atoms with Crippen molar-refractivity contribution in [2.75, 3.05) is 13.2 Å². The Morgan fingerprint density at radius 2 is 2.27 bits per heavy atom. The van der Waals surface area contributed by atoms with Crippen molar-refractivity contribution in [3.63, 3.8) is 0 Å². The average Bonchev–Trinajstić information content (AvgIpc) is 2.96. The number of aliphatic hydroxyl groups is 1. The third kappa shape index (κ3) is 3.80. The van der Waals surface area contributed by atoms with Gasteiger partial charge in [-0.1, -0.05) is 13.3 Å². The second-order valence-corrected chi connectivity index (χ2v) is 4.59. The van der Waals surface area contributed by atoms with Gasteiger partial charge >= 0.3 is 0 Å². The monoisotopic (exact) mass is 214 g/mol. The summed E-state index contributed by atoms with van der Waals surface area (Å²) >= 11 is 0. The maximum atomic E-state index is 11.5. The summed E-state index contributed by atoms with van der Waals surface area (Å²) in [5, 5.41) is 11.7. The molecular formula is C11H22N2O2. The number of carbonyl (C=O) groups excluding carboxylic acids is 1. The van der Waals surface area contributed by atoms with Crippen molar-refractivity contribution in [3.8, 4) is 0 Å². The molecule has 4 heteroatoms. The van der Waals surface area contributed by atoms with E-state index in [0.717, 1.165) is 32.1 Å². The zero-order chi connectivity index (χ0) is 11.3. The van der Waals surface area contributed by atoms with Crippen LogP contribution in [0.1, 0.15) is 39.0 Å². The Kier molecular flexibility index (Phi) is 4.54. The van der Waals surface area contributed by atoms with E-state index in [0.29, 0.717) is 6.54 Å². The van der Waals surface area contributed by atoms with Crippen LogP contribution in [0.25, 0.3) is 0 Å². The standard InChI is InChI=1S/C11H22N2O2/c1-2-3-9(12)10(15)13-8-11(4-5-11)6-7-14/h9,14H,2-8,12H2,1H3,(H,13,15)/t9-/m0/s1. The van der Waals surface area contributed by atoms with Crippen molar-refractivity contribution >= 4 is 5.91 Å². The highest BCUT2D eigenvalue weighted by atomic mass is 16.3. The number of nitrogens with one attached hydrogen (secondary N) is 1. The fourth-order valence-electron chi connectivity index (χ4n) is 1.78. The lowest BCUT2D eigenvalue weighted by Gasteiger charge is -2.16. The number of rotatable bonds is 7. The molecule has 0 radical (unpaired) electrons. The van der Waals surface area contributed by atoms with Crippen molar-refractivity contribution in [2.24, 2.45) is 11.1 Å². The molecule has 1 amide bonds. The van der Waals surface area contributed by atoms with Crippen molar-refractivity contribution in [1.29, 1.82) is 0 Å². The minimum atomic E-state index is -0.375. The van der Waals surface area contributed by atoms with Crippen LogP contribution in [0.3, 0.4) is 0 Å². The van der Waals surface area contributed by atoms with Gasteiger partial charge in [-0.2, -0.15) is 0 Å². The van der Waals surface area contributed by atoms with Gasteiger partial charge in [-0.15, -0.1) is 0 Å². The summed E-state index contributed by atoms with van der Waals surface area (Å²) in [6.07, 6.45) is 4.67. The molecule has 0 aliphatic heterocycles. The molecule has 0 aromatic carbocycles. The quantitative estimate of drug-likeness (QED) is 0.574. The van der Waals surface area contributed by atoms with E-state index < -0.39 is 0 Å². The molecule has 1 fully saturated rings. The van der Waals surface area contributed by atoms with Gasteiger partial charge in [0.2, 0.25) is 5.91 Å². The first-order valence-corrected chi connectivity index (χ1v) is 5.78. The normalized spacial score (nSPS) is 19.7. The Labute approximate surface area is 91.2 Å². The van der Waals surface area contributed by atoms with Gasteiger partial charge in [-0.3, -0.25) is 4.79 Å². The van der Waals surface area contributed by atoms with Gasteiger partial charge in [0.05, 0.1) is 6.04 Å². The first-order valence-electron chi connectivity index (χ1n) is 5.78. The molecule has 4 nitrogen and oxygen atoms in total. The zero-order valence-electron chi connectivity index (χ0n) is 9.46. The van der Waals surface area contributed by atoms with Gasteiger partial charge in [0.1, 0.15) is 0 Å². The van der Waals surface area contributed by atoms with Gasteiger partial charge in [0.15, 0.2) is 0 Å². The summed E-state index contributed by atoms with van der Waals surface area (Å²) in [7, 11) is 0. The van der Waals surface area contributed by atoms with Crippen molar-refractivity contribution < 1.29 is 9.90 Å². The van der Waals surface area contributed by atoms with E-state index in [2.05, 4.69) is 5.32 Å². The van der Waals surface area contributed by atoms with Crippen LogP contribution >= 0.6 is 0 Å². The lowest BCUT2D eigenvalue weighted by molar-refractivity contribution is -0.122. The second kappa shape index (κ2) is 5.47. The molecule has 4 N–H and O–H groups in total. The molecule has 0 aromatic rings. The summed E-state index contributed by atoms with van der Waals surface area (Å²) in [6.45, 7) is 2.89. The van der Waals surface area contributed by atoms with Crippen LogP contribution < -0.4 is 11.1 Å². The van der Waals surface area contributed by atoms with Crippen LogP contribution in [0.15, 0.2) is 0 Å². The van der Waals surface area contributed by atoms with Crippen LogP contribution in [0.2, 0.25) is 0 Å². The fraction of sp³-hybridized carbons (Fsp3) is 0.909. The molecule has 1 aliphatic rings. The number of hydrogen-bond acceptors (Lipinski definition) is 3. The van der Waals surface area contributed by atoms with E-state index in [1.54, 1.807) is 0 Å². The van der Waals surface area contributed by atoms with Crippen LogP contribution in [0.4, 0.5) is 0 Å². The lowest BCUT2D eigenvalue weighted by Crippen LogP contribution is -2.42. The Bertz CT molecular complexity index is 215. The van der Waals surface area contributed by atoms with E-state index in [9.17, 15) is 4.79 Å². The number of carbonyl (C=O) groups is 1.